The van der Waals surface area contributed by atoms with E-state index < -0.39 is 0 Å². The van der Waals surface area contributed by atoms with Crippen molar-refractivity contribution in [3.63, 3.8) is 0 Å². The van der Waals surface area contributed by atoms with Gasteiger partial charge in [-0.2, -0.15) is 0 Å². The predicted octanol–water partition coefficient (Wildman–Crippen LogP) is 1.05. The maximum absolute atomic E-state index is 11.9. The molecule has 0 saturated carbocycles. The highest BCUT2D eigenvalue weighted by molar-refractivity contribution is 5.76. The summed E-state index contributed by atoms with van der Waals surface area (Å²) in [7, 11) is 0. The zero-order valence-corrected chi connectivity index (χ0v) is 10.7. The number of carbonyl (C=O) groups excluding carboxylic acids is 1. The average Bonchev–Trinajstić information content (AvgIpc) is 2.40. The van der Waals surface area contributed by atoms with Crippen molar-refractivity contribution >= 4 is 11.7 Å². The summed E-state index contributed by atoms with van der Waals surface area (Å²) in [5, 5.41) is 3.17. The van der Waals surface area contributed by atoms with Crippen molar-refractivity contribution in [2.45, 2.75) is 13.3 Å². The van der Waals surface area contributed by atoms with Gasteiger partial charge in [-0.25, -0.2) is 4.98 Å². The van der Waals surface area contributed by atoms with Crippen LogP contribution in [0.5, 0.6) is 0 Å². The number of aromatic nitrogens is 1. The van der Waals surface area contributed by atoms with Crippen LogP contribution in [0.15, 0.2) is 18.3 Å². The second-order valence-electron chi connectivity index (χ2n) is 4.39. The van der Waals surface area contributed by atoms with Crippen LogP contribution in [-0.4, -0.2) is 48.6 Å². The van der Waals surface area contributed by atoms with Gasteiger partial charge in [0.15, 0.2) is 0 Å². The van der Waals surface area contributed by atoms with Crippen LogP contribution in [0, 0.1) is 6.92 Å². The number of hydrogen-bond donors (Lipinski definition) is 1. The highest BCUT2D eigenvalue weighted by atomic mass is 16.5. The molecule has 1 aliphatic heterocycles. The molecule has 1 saturated heterocycles. The lowest BCUT2D eigenvalue weighted by Gasteiger charge is -2.26. The van der Waals surface area contributed by atoms with Crippen LogP contribution in [0.3, 0.4) is 0 Å². The van der Waals surface area contributed by atoms with E-state index in [0.29, 0.717) is 39.3 Å². The summed E-state index contributed by atoms with van der Waals surface area (Å²) in [4.78, 5) is 17.9. The van der Waals surface area contributed by atoms with Gasteiger partial charge in [-0.1, -0.05) is 0 Å². The molecule has 5 heteroatoms. The lowest BCUT2D eigenvalue weighted by Crippen LogP contribution is -2.41. The summed E-state index contributed by atoms with van der Waals surface area (Å²) in [6.07, 6.45) is 2.26. The largest absolute Gasteiger partial charge is 0.378 e. The summed E-state index contributed by atoms with van der Waals surface area (Å²) >= 11 is 0. The normalized spacial score (nSPS) is 15.5. The number of hydrogen-bond acceptors (Lipinski definition) is 4. The van der Waals surface area contributed by atoms with Crippen molar-refractivity contribution < 1.29 is 9.53 Å². The van der Waals surface area contributed by atoms with E-state index in [4.69, 9.17) is 4.74 Å². The van der Waals surface area contributed by atoms with Crippen LogP contribution in [0.25, 0.3) is 0 Å². The number of nitrogens with one attached hydrogen (secondary N) is 1. The lowest BCUT2D eigenvalue weighted by molar-refractivity contribution is -0.134. The quantitative estimate of drug-likeness (QED) is 0.866. The van der Waals surface area contributed by atoms with Crippen molar-refractivity contribution in [1.29, 1.82) is 0 Å². The minimum Gasteiger partial charge on any atom is -0.378 e. The fourth-order valence-corrected chi connectivity index (χ4v) is 1.90. The molecule has 1 aromatic heterocycles. The Bertz CT molecular complexity index is 403. The Balaban J connectivity index is 1.73. The highest BCUT2D eigenvalue weighted by Gasteiger charge is 2.15. The number of carbonyl (C=O) groups is 1. The number of anilines is 1. The third kappa shape index (κ3) is 3.70. The first-order valence-corrected chi connectivity index (χ1v) is 6.28. The minimum atomic E-state index is 0.179. The van der Waals surface area contributed by atoms with Gasteiger partial charge in [0.05, 0.1) is 13.2 Å². The standard InChI is InChI=1S/C13H19N3O2/c1-11-2-4-14-12(10-11)15-5-3-13(17)16-6-8-18-9-7-16/h2,4,10H,3,5-9H2,1H3,(H,14,15). The van der Waals surface area contributed by atoms with Gasteiger partial charge in [-0.05, 0) is 24.6 Å². The molecule has 98 valence electrons. The molecule has 18 heavy (non-hydrogen) atoms. The smallest absolute Gasteiger partial charge is 0.224 e. The molecule has 1 N–H and O–H groups in total. The molecule has 2 heterocycles. The van der Waals surface area contributed by atoms with E-state index in [9.17, 15) is 4.79 Å². The second-order valence-corrected chi connectivity index (χ2v) is 4.39. The van der Waals surface area contributed by atoms with E-state index in [-0.39, 0.29) is 5.91 Å². The molecule has 0 radical (unpaired) electrons. The molecule has 1 aromatic rings. The maximum atomic E-state index is 11.9. The van der Waals surface area contributed by atoms with E-state index in [0.717, 1.165) is 11.4 Å². The van der Waals surface area contributed by atoms with Gasteiger partial charge < -0.3 is 15.0 Å². The van der Waals surface area contributed by atoms with Crippen LogP contribution in [-0.2, 0) is 9.53 Å². The number of ether oxygens (including phenoxy) is 1. The number of nitrogens with zero attached hydrogens (tertiary/aromatic N) is 2. The summed E-state index contributed by atoms with van der Waals surface area (Å²) < 4.78 is 5.22. The van der Waals surface area contributed by atoms with Gasteiger partial charge in [0, 0.05) is 32.3 Å². The van der Waals surface area contributed by atoms with E-state index >= 15 is 0 Å². The van der Waals surface area contributed by atoms with E-state index in [1.807, 2.05) is 24.0 Å². The third-order valence-electron chi connectivity index (χ3n) is 2.92. The fraction of sp³-hybridized carbons (Fsp3) is 0.538. The van der Waals surface area contributed by atoms with Crippen molar-refractivity contribution in [3.05, 3.63) is 23.9 Å². The van der Waals surface area contributed by atoms with E-state index in [1.165, 1.54) is 0 Å². The average molecular weight is 249 g/mol. The Hall–Kier alpha value is -1.62. The first-order chi connectivity index (χ1) is 8.75. The number of morpholine rings is 1. The number of aryl methyl sites for hydroxylation is 1. The molecule has 0 bridgehead atoms. The van der Waals surface area contributed by atoms with E-state index in [1.54, 1.807) is 6.20 Å². The molecule has 1 amide bonds. The molecular weight excluding hydrogens is 230 g/mol. The van der Waals surface area contributed by atoms with Gasteiger partial charge in [-0.3, -0.25) is 4.79 Å². The van der Waals surface area contributed by atoms with Crippen LogP contribution >= 0.6 is 0 Å². The Morgan fingerprint density at radius 1 is 1.50 bits per heavy atom. The molecule has 0 aliphatic carbocycles. The predicted molar refractivity (Wildman–Crippen MR) is 69.5 cm³/mol. The lowest BCUT2D eigenvalue weighted by atomic mass is 10.3. The number of pyridine rings is 1. The van der Waals surface area contributed by atoms with Crippen molar-refractivity contribution in [2.24, 2.45) is 0 Å². The fourth-order valence-electron chi connectivity index (χ4n) is 1.90. The minimum absolute atomic E-state index is 0.179. The Morgan fingerprint density at radius 3 is 3.00 bits per heavy atom. The Morgan fingerprint density at radius 2 is 2.28 bits per heavy atom. The van der Waals surface area contributed by atoms with Crippen LogP contribution in [0.1, 0.15) is 12.0 Å². The molecule has 0 atom stereocenters. The first-order valence-electron chi connectivity index (χ1n) is 6.28. The topological polar surface area (TPSA) is 54.5 Å². The van der Waals surface area contributed by atoms with E-state index in [2.05, 4.69) is 10.3 Å². The van der Waals surface area contributed by atoms with Gasteiger partial charge in [0.1, 0.15) is 5.82 Å². The Kier molecular flexibility index (Phi) is 4.52. The van der Waals surface area contributed by atoms with Crippen LogP contribution in [0.2, 0.25) is 0 Å². The summed E-state index contributed by atoms with van der Waals surface area (Å²) in [6, 6.07) is 3.92. The molecule has 1 aliphatic rings. The molecule has 5 nitrogen and oxygen atoms in total. The SMILES string of the molecule is Cc1ccnc(NCCC(=O)N2CCOCC2)c1. The highest BCUT2D eigenvalue weighted by Crippen LogP contribution is 2.06. The maximum Gasteiger partial charge on any atom is 0.224 e. The number of amides is 1. The van der Waals surface area contributed by atoms with Crippen LogP contribution < -0.4 is 5.32 Å². The molecule has 1 fully saturated rings. The van der Waals surface area contributed by atoms with Gasteiger partial charge in [-0.15, -0.1) is 0 Å². The molecule has 0 aromatic carbocycles. The third-order valence-corrected chi connectivity index (χ3v) is 2.92. The zero-order chi connectivity index (χ0) is 12.8. The molecule has 2 rings (SSSR count). The molecular formula is C13H19N3O2. The van der Waals surface area contributed by atoms with Gasteiger partial charge >= 0.3 is 0 Å². The van der Waals surface area contributed by atoms with Crippen molar-refractivity contribution in [2.75, 3.05) is 38.2 Å². The summed E-state index contributed by atoms with van der Waals surface area (Å²) in [5.41, 5.74) is 1.16. The van der Waals surface area contributed by atoms with Crippen molar-refractivity contribution in [1.82, 2.24) is 9.88 Å². The summed E-state index contributed by atoms with van der Waals surface area (Å²) in [6.45, 7) is 5.36. The zero-order valence-electron chi connectivity index (χ0n) is 10.7. The van der Waals surface area contributed by atoms with Crippen molar-refractivity contribution in [3.8, 4) is 0 Å². The van der Waals surface area contributed by atoms with Gasteiger partial charge in [0.25, 0.3) is 0 Å². The van der Waals surface area contributed by atoms with Crippen LogP contribution in [0.4, 0.5) is 5.82 Å². The number of rotatable bonds is 4. The monoisotopic (exact) mass is 249 g/mol. The second kappa shape index (κ2) is 6.35. The summed E-state index contributed by atoms with van der Waals surface area (Å²) in [5.74, 6) is 1.00. The molecule has 0 spiro atoms. The van der Waals surface area contributed by atoms with Gasteiger partial charge in [0.2, 0.25) is 5.91 Å². The molecule has 0 unspecified atom stereocenters. The first kappa shape index (κ1) is 12.8. The Labute approximate surface area is 107 Å².